The molecule has 2 aromatic heterocycles. The summed E-state index contributed by atoms with van der Waals surface area (Å²) in [7, 11) is 0. The highest BCUT2D eigenvalue weighted by atomic mass is 16.4. The van der Waals surface area contributed by atoms with E-state index in [1.807, 2.05) is 6.07 Å². The summed E-state index contributed by atoms with van der Waals surface area (Å²) < 4.78 is 0. The Morgan fingerprint density at radius 1 is 1.57 bits per heavy atom. The van der Waals surface area contributed by atoms with E-state index in [4.69, 9.17) is 5.11 Å². The maximum absolute atomic E-state index is 10.5. The van der Waals surface area contributed by atoms with Crippen LogP contribution in [0.3, 0.4) is 0 Å². The van der Waals surface area contributed by atoms with Gasteiger partial charge in [-0.1, -0.05) is 0 Å². The van der Waals surface area contributed by atoms with Crippen LogP contribution in [-0.2, 0) is 11.2 Å². The van der Waals surface area contributed by atoms with Crippen LogP contribution in [0.15, 0.2) is 24.7 Å². The first-order chi connectivity index (χ1) is 6.77. The molecule has 0 aliphatic carbocycles. The Morgan fingerprint density at radius 2 is 2.43 bits per heavy atom. The second-order valence-electron chi connectivity index (χ2n) is 2.94. The van der Waals surface area contributed by atoms with Gasteiger partial charge in [0.15, 0.2) is 0 Å². The van der Waals surface area contributed by atoms with Crippen LogP contribution in [0.1, 0.15) is 5.56 Å². The lowest BCUT2D eigenvalue weighted by molar-refractivity contribution is -0.136. The van der Waals surface area contributed by atoms with E-state index in [1.54, 1.807) is 12.4 Å². The zero-order chi connectivity index (χ0) is 9.97. The Labute approximate surface area is 79.8 Å². The summed E-state index contributed by atoms with van der Waals surface area (Å²) in [5, 5.41) is 15.3. The first kappa shape index (κ1) is 8.55. The SMILES string of the molecule is O=C(O)Cc1cn[nH]c1-c1cc[nH]c1. The fraction of sp³-hybridized carbons (Fsp3) is 0.111. The van der Waals surface area contributed by atoms with Crippen molar-refractivity contribution in [2.24, 2.45) is 0 Å². The van der Waals surface area contributed by atoms with Gasteiger partial charge in [0, 0.05) is 23.5 Å². The fourth-order valence-electron chi connectivity index (χ4n) is 1.34. The second kappa shape index (κ2) is 3.37. The van der Waals surface area contributed by atoms with Crippen LogP contribution < -0.4 is 0 Å². The molecule has 0 spiro atoms. The monoisotopic (exact) mass is 191 g/mol. The molecular weight excluding hydrogens is 182 g/mol. The van der Waals surface area contributed by atoms with Crippen molar-refractivity contribution >= 4 is 5.97 Å². The lowest BCUT2D eigenvalue weighted by atomic mass is 10.1. The van der Waals surface area contributed by atoms with E-state index in [0.717, 1.165) is 11.3 Å². The predicted octanol–water partition coefficient (Wildman–Crippen LogP) is 1.03. The van der Waals surface area contributed by atoms with Gasteiger partial charge >= 0.3 is 5.97 Å². The first-order valence-corrected chi connectivity index (χ1v) is 4.14. The minimum atomic E-state index is -0.858. The van der Waals surface area contributed by atoms with E-state index >= 15 is 0 Å². The number of hydrogen-bond acceptors (Lipinski definition) is 2. The molecule has 0 atom stereocenters. The Balaban J connectivity index is 2.35. The van der Waals surface area contributed by atoms with Gasteiger partial charge < -0.3 is 10.1 Å². The summed E-state index contributed by atoms with van der Waals surface area (Å²) in [6.45, 7) is 0. The normalized spacial score (nSPS) is 10.3. The van der Waals surface area contributed by atoms with Gasteiger partial charge in [-0.3, -0.25) is 9.89 Å². The Morgan fingerprint density at radius 3 is 3.07 bits per heavy atom. The molecule has 72 valence electrons. The van der Waals surface area contributed by atoms with Crippen molar-refractivity contribution in [3.05, 3.63) is 30.2 Å². The van der Waals surface area contributed by atoms with E-state index in [9.17, 15) is 4.79 Å². The quantitative estimate of drug-likeness (QED) is 0.677. The number of H-pyrrole nitrogens is 2. The maximum atomic E-state index is 10.5. The topological polar surface area (TPSA) is 81.8 Å². The summed E-state index contributed by atoms with van der Waals surface area (Å²) in [4.78, 5) is 13.4. The van der Waals surface area contributed by atoms with Crippen molar-refractivity contribution in [1.82, 2.24) is 15.2 Å². The highest BCUT2D eigenvalue weighted by Crippen LogP contribution is 2.20. The highest BCUT2D eigenvalue weighted by Gasteiger charge is 2.10. The maximum Gasteiger partial charge on any atom is 0.307 e. The smallest absolute Gasteiger partial charge is 0.307 e. The number of aromatic amines is 2. The predicted molar refractivity (Wildman–Crippen MR) is 49.7 cm³/mol. The van der Waals surface area contributed by atoms with Crippen LogP contribution in [0.4, 0.5) is 0 Å². The zero-order valence-electron chi connectivity index (χ0n) is 7.32. The number of carboxylic acid groups (broad SMARTS) is 1. The van der Waals surface area contributed by atoms with Crippen molar-refractivity contribution in [2.45, 2.75) is 6.42 Å². The molecule has 0 amide bonds. The molecule has 5 heteroatoms. The van der Waals surface area contributed by atoms with Crippen molar-refractivity contribution in [2.75, 3.05) is 0 Å². The summed E-state index contributed by atoms with van der Waals surface area (Å²) in [5.41, 5.74) is 2.37. The van der Waals surface area contributed by atoms with Gasteiger partial charge in [-0.25, -0.2) is 0 Å². The van der Waals surface area contributed by atoms with E-state index in [1.165, 1.54) is 6.20 Å². The number of rotatable bonds is 3. The molecule has 5 nitrogen and oxygen atoms in total. The van der Waals surface area contributed by atoms with Gasteiger partial charge in [-0.15, -0.1) is 0 Å². The van der Waals surface area contributed by atoms with Gasteiger partial charge in [0.25, 0.3) is 0 Å². The minimum absolute atomic E-state index is 0.0169. The highest BCUT2D eigenvalue weighted by molar-refractivity contribution is 5.74. The average molecular weight is 191 g/mol. The summed E-state index contributed by atoms with van der Waals surface area (Å²) in [6.07, 6.45) is 5.09. The van der Waals surface area contributed by atoms with Crippen molar-refractivity contribution in [3.63, 3.8) is 0 Å². The molecule has 0 saturated carbocycles. The van der Waals surface area contributed by atoms with Crippen LogP contribution in [-0.4, -0.2) is 26.3 Å². The second-order valence-corrected chi connectivity index (χ2v) is 2.94. The molecular formula is C9H9N3O2. The Hall–Kier alpha value is -2.04. The molecule has 2 rings (SSSR count). The molecule has 2 heterocycles. The lowest BCUT2D eigenvalue weighted by Crippen LogP contribution is -1.99. The molecule has 0 aromatic carbocycles. The van der Waals surface area contributed by atoms with Gasteiger partial charge in [-0.05, 0) is 6.07 Å². The van der Waals surface area contributed by atoms with E-state index in [2.05, 4.69) is 15.2 Å². The van der Waals surface area contributed by atoms with Crippen molar-refractivity contribution in [1.29, 1.82) is 0 Å². The number of aliphatic carboxylic acids is 1. The number of hydrogen-bond donors (Lipinski definition) is 3. The third-order valence-corrected chi connectivity index (χ3v) is 1.95. The standard InChI is InChI=1S/C9H9N3O2/c13-8(14)3-7-5-11-12-9(7)6-1-2-10-4-6/h1-2,4-5,10H,3H2,(H,11,12)(H,13,14). The summed E-state index contributed by atoms with van der Waals surface area (Å²) in [5.74, 6) is -0.858. The molecule has 2 aromatic rings. The number of aromatic nitrogens is 3. The molecule has 0 aliphatic rings. The van der Waals surface area contributed by atoms with Gasteiger partial charge in [0.05, 0.1) is 18.3 Å². The lowest BCUT2D eigenvalue weighted by Gasteiger charge is -1.96. The molecule has 0 fully saturated rings. The number of nitrogens with one attached hydrogen (secondary N) is 2. The minimum Gasteiger partial charge on any atom is -0.481 e. The summed E-state index contributed by atoms with van der Waals surface area (Å²) >= 11 is 0. The fourth-order valence-corrected chi connectivity index (χ4v) is 1.34. The Kier molecular flexibility index (Phi) is 2.06. The number of nitrogens with zero attached hydrogens (tertiary/aromatic N) is 1. The van der Waals surface area contributed by atoms with Gasteiger partial charge in [0.2, 0.25) is 0 Å². The van der Waals surface area contributed by atoms with Crippen LogP contribution in [0.5, 0.6) is 0 Å². The van der Waals surface area contributed by atoms with Gasteiger partial charge in [0.1, 0.15) is 0 Å². The molecule has 0 radical (unpaired) electrons. The van der Waals surface area contributed by atoms with Crippen molar-refractivity contribution in [3.8, 4) is 11.3 Å². The molecule has 0 bridgehead atoms. The number of carbonyl (C=O) groups is 1. The van der Waals surface area contributed by atoms with E-state index in [-0.39, 0.29) is 6.42 Å². The third-order valence-electron chi connectivity index (χ3n) is 1.95. The number of carboxylic acids is 1. The van der Waals surface area contributed by atoms with Crippen LogP contribution in [0.25, 0.3) is 11.3 Å². The Bertz CT molecular complexity index is 431. The van der Waals surface area contributed by atoms with Crippen LogP contribution in [0, 0.1) is 0 Å². The molecule has 0 aliphatic heterocycles. The van der Waals surface area contributed by atoms with E-state index in [0.29, 0.717) is 5.56 Å². The zero-order valence-corrected chi connectivity index (χ0v) is 7.32. The summed E-state index contributed by atoms with van der Waals surface area (Å²) in [6, 6.07) is 1.86. The molecule has 0 saturated heterocycles. The van der Waals surface area contributed by atoms with Crippen molar-refractivity contribution < 1.29 is 9.90 Å². The first-order valence-electron chi connectivity index (χ1n) is 4.14. The van der Waals surface area contributed by atoms with Crippen LogP contribution in [0.2, 0.25) is 0 Å². The third kappa shape index (κ3) is 1.52. The molecule has 3 N–H and O–H groups in total. The largest absolute Gasteiger partial charge is 0.481 e. The van der Waals surface area contributed by atoms with Gasteiger partial charge in [-0.2, -0.15) is 5.10 Å². The van der Waals surface area contributed by atoms with E-state index < -0.39 is 5.97 Å². The average Bonchev–Trinajstić information content (AvgIpc) is 2.70. The molecule has 0 unspecified atom stereocenters. The molecule has 14 heavy (non-hydrogen) atoms. The van der Waals surface area contributed by atoms with Crippen LogP contribution >= 0.6 is 0 Å².